The van der Waals surface area contributed by atoms with E-state index in [2.05, 4.69) is 15.1 Å². The van der Waals surface area contributed by atoms with Gasteiger partial charge in [0.15, 0.2) is 5.83 Å². The second-order valence-corrected chi connectivity index (χ2v) is 9.21. The van der Waals surface area contributed by atoms with Gasteiger partial charge in [-0.1, -0.05) is 37.3 Å². The van der Waals surface area contributed by atoms with Crippen molar-refractivity contribution >= 4 is 21.2 Å². The van der Waals surface area contributed by atoms with Crippen molar-refractivity contribution in [1.29, 1.82) is 0 Å². The van der Waals surface area contributed by atoms with Crippen LogP contribution in [0.1, 0.15) is 33.1 Å². The Kier molecular flexibility index (Phi) is 5.14. The largest absolute Gasteiger partial charge is 0.338 e. The van der Waals surface area contributed by atoms with Gasteiger partial charge in [0.2, 0.25) is 25.9 Å². The summed E-state index contributed by atoms with van der Waals surface area (Å²) in [4.78, 5) is 8.26. The first-order valence-electron chi connectivity index (χ1n) is 6.73. The molecule has 0 saturated carbocycles. The minimum atomic E-state index is -3.98. The van der Waals surface area contributed by atoms with Crippen molar-refractivity contribution in [3.05, 3.63) is 24.0 Å². The average molecular weight is 381 g/mol. The first kappa shape index (κ1) is 18.6. The summed E-state index contributed by atoms with van der Waals surface area (Å²) in [6.45, 7) is 5.62. The number of allylic oxidation sites excluding steroid dienone is 1. The van der Waals surface area contributed by atoms with Gasteiger partial charge in [0, 0.05) is 11.8 Å². The fraction of sp³-hybridized carbons (Fsp3) is 0.462. The Balaban J connectivity index is 2.21. The zero-order chi connectivity index (χ0) is 18.1. The fourth-order valence-electron chi connectivity index (χ4n) is 1.54. The summed E-state index contributed by atoms with van der Waals surface area (Å²) in [5.74, 6) is -1.99. The van der Waals surface area contributed by atoms with E-state index in [0.717, 1.165) is 11.3 Å². The van der Waals surface area contributed by atoms with Gasteiger partial charge in [0.05, 0.1) is 16.8 Å². The van der Waals surface area contributed by atoms with Crippen LogP contribution in [-0.2, 0) is 15.3 Å². The van der Waals surface area contributed by atoms with E-state index < -0.39 is 33.9 Å². The maximum atomic E-state index is 12.8. The van der Waals surface area contributed by atoms with Gasteiger partial charge in [0.1, 0.15) is 0 Å². The summed E-state index contributed by atoms with van der Waals surface area (Å²) in [5, 5.41) is 3.77. The summed E-state index contributed by atoms with van der Waals surface area (Å²) < 4.78 is 65.6. The molecule has 0 N–H and O–H groups in total. The van der Waals surface area contributed by atoms with Gasteiger partial charge in [-0.3, -0.25) is 0 Å². The third-order valence-corrected chi connectivity index (χ3v) is 6.01. The topological polar surface area (TPSA) is 86.0 Å². The van der Waals surface area contributed by atoms with Crippen molar-refractivity contribution in [2.45, 2.75) is 36.9 Å². The zero-order valence-electron chi connectivity index (χ0n) is 13.0. The number of thiazole rings is 1. The lowest BCUT2D eigenvalue weighted by molar-refractivity contribution is 0.321. The van der Waals surface area contributed by atoms with Crippen LogP contribution in [0.5, 0.6) is 0 Å². The maximum Gasteiger partial charge on any atom is 0.301 e. The van der Waals surface area contributed by atoms with E-state index in [1.54, 1.807) is 0 Å². The van der Waals surface area contributed by atoms with Crippen LogP contribution in [0.15, 0.2) is 27.0 Å². The molecule has 2 aromatic heterocycles. The quantitative estimate of drug-likeness (QED) is 0.784. The summed E-state index contributed by atoms with van der Waals surface area (Å²) in [5.41, 5.74) is -0.370. The van der Waals surface area contributed by atoms with Gasteiger partial charge in [-0.15, -0.1) is 0 Å². The van der Waals surface area contributed by atoms with Gasteiger partial charge in [-0.05, 0) is 0 Å². The Morgan fingerprint density at radius 3 is 2.50 bits per heavy atom. The van der Waals surface area contributed by atoms with E-state index in [9.17, 15) is 21.6 Å². The van der Waals surface area contributed by atoms with Gasteiger partial charge in [-0.25, -0.2) is 17.8 Å². The molecule has 0 atom stereocenters. The third-order valence-electron chi connectivity index (χ3n) is 2.83. The molecule has 0 aliphatic heterocycles. The Labute approximate surface area is 140 Å². The lowest BCUT2D eigenvalue weighted by Crippen LogP contribution is -2.11. The van der Waals surface area contributed by atoms with Crippen LogP contribution in [-0.4, -0.2) is 29.3 Å². The van der Waals surface area contributed by atoms with E-state index in [4.69, 9.17) is 4.52 Å². The molecule has 0 aliphatic rings. The highest BCUT2D eigenvalue weighted by molar-refractivity contribution is 7.93. The second-order valence-electron chi connectivity index (χ2n) is 5.90. The van der Waals surface area contributed by atoms with Crippen molar-refractivity contribution < 1.29 is 26.1 Å². The summed E-state index contributed by atoms with van der Waals surface area (Å²) in [7, 11) is -3.98. The van der Waals surface area contributed by atoms with Crippen LogP contribution in [0, 0.1) is 0 Å². The molecule has 11 heteroatoms. The van der Waals surface area contributed by atoms with Gasteiger partial charge < -0.3 is 4.52 Å². The first-order valence-corrected chi connectivity index (χ1v) is 9.20. The van der Waals surface area contributed by atoms with E-state index >= 15 is 0 Å². The van der Waals surface area contributed by atoms with Crippen LogP contribution in [0.2, 0.25) is 0 Å². The molecule has 0 amide bonds. The number of hydrogen-bond donors (Lipinski definition) is 0. The average Bonchev–Trinajstić information content (AvgIpc) is 3.12. The lowest BCUT2D eigenvalue weighted by atomic mass is 9.97. The Hall–Kier alpha value is -1.75. The molecule has 2 heterocycles. The second kappa shape index (κ2) is 6.63. The number of rotatable bonds is 5. The number of nitrogens with zero attached hydrogens (tertiary/aromatic N) is 3. The molecule has 2 rings (SSSR count). The minimum Gasteiger partial charge on any atom is -0.338 e. The minimum absolute atomic E-state index is 0.180. The standard InChI is InChI=1S/C13H14F3N3O3S2/c1-13(2,3)11-18-10(19-22-11)8-6-17-12(23-8)24(20,21)5-4-7(14)9(15)16/h6H,4-5H2,1-3H3. The third kappa shape index (κ3) is 4.20. The van der Waals surface area contributed by atoms with Crippen LogP contribution in [0.25, 0.3) is 10.7 Å². The Morgan fingerprint density at radius 2 is 1.96 bits per heavy atom. The monoisotopic (exact) mass is 381 g/mol. The summed E-state index contributed by atoms with van der Waals surface area (Å²) in [6, 6.07) is 0. The lowest BCUT2D eigenvalue weighted by Gasteiger charge is -2.10. The predicted molar refractivity (Wildman–Crippen MR) is 81.1 cm³/mol. The van der Waals surface area contributed by atoms with Crippen molar-refractivity contribution in [3.63, 3.8) is 0 Å². The SMILES string of the molecule is CC(C)(C)c1nc(-c2cnc(S(=O)(=O)CCC(F)=C(F)F)s2)no1. The molecule has 6 nitrogen and oxygen atoms in total. The van der Waals surface area contributed by atoms with Crippen LogP contribution < -0.4 is 0 Å². The van der Waals surface area contributed by atoms with Gasteiger partial charge in [0.25, 0.3) is 0 Å². The van der Waals surface area contributed by atoms with Crippen molar-refractivity contribution in [2.75, 3.05) is 5.75 Å². The molecule has 132 valence electrons. The number of sulfone groups is 1. The molecule has 0 saturated heterocycles. The van der Waals surface area contributed by atoms with E-state index in [1.165, 1.54) is 6.20 Å². The molecular formula is C13H14F3N3O3S2. The van der Waals surface area contributed by atoms with Crippen molar-refractivity contribution in [2.24, 2.45) is 0 Å². The highest BCUT2D eigenvalue weighted by Crippen LogP contribution is 2.30. The van der Waals surface area contributed by atoms with Gasteiger partial charge in [-0.2, -0.15) is 13.8 Å². The Bertz CT molecular complexity index is 862. The molecule has 0 aliphatic carbocycles. The zero-order valence-corrected chi connectivity index (χ0v) is 14.6. The number of aromatic nitrogens is 3. The molecule has 0 radical (unpaired) electrons. The predicted octanol–water partition coefficient (Wildman–Crippen LogP) is 3.73. The summed E-state index contributed by atoms with van der Waals surface area (Å²) >= 11 is 0.767. The molecule has 0 bridgehead atoms. The molecule has 0 aromatic carbocycles. The molecule has 2 aromatic rings. The molecule has 0 fully saturated rings. The number of hydrogen-bond acceptors (Lipinski definition) is 7. The van der Waals surface area contributed by atoms with E-state index in [-0.39, 0.29) is 15.6 Å². The Morgan fingerprint density at radius 1 is 1.29 bits per heavy atom. The molecule has 0 unspecified atom stereocenters. The highest BCUT2D eigenvalue weighted by atomic mass is 32.2. The molecular weight excluding hydrogens is 367 g/mol. The molecule has 24 heavy (non-hydrogen) atoms. The highest BCUT2D eigenvalue weighted by Gasteiger charge is 2.25. The fourth-order valence-corrected chi connectivity index (χ4v) is 3.98. The number of halogens is 3. The summed E-state index contributed by atoms with van der Waals surface area (Å²) in [6.07, 6.45) is -2.18. The van der Waals surface area contributed by atoms with Crippen LogP contribution in [0.3, 0.4) is 0 Å². The molecule has 0 spiro atoms. The normalized spacial score (nSPS) is 12.4. The smallest absolute Gasteiger partial charge is 0.301 e. The van der Waals surface area contributed by atoms with Crippen molar-refractivity contribution in [1.82, 2.24) is 15.1 Å². The van der Waals surface area contributed by atoms with Crippen LogP contribution in [0.4, 0.5) is 13.2 Å². The maximum absolute atomic E-state index is 12.8. The van der Waals surface area contributed by atoms with Crippen molar-refractivity contribution in [3.8, 4) is 10.7 Å². The van der Waals surface area contributed by atoms with E-state index in [0.29, 0.717) is 10.8 Å². The first-order chi connectivity index (χ1) is 11.0. The van der Waals surface area contributed by atoms with E-state index in [1.807, 2.05) is 20.8 Å². The van der Waals surface area contributed by atoms with Crippen LogP contribution >= 0.6 is 11.3 Å². The van der Waals surface area contributed by atoms with Gasteiger partial charge >= 0.3 is 6.08 Å².